The lowest BCUT2D eigenvalue weighted by Gasteiger charge is -2.19. The third kappa shape index (κ3) is 7.92. The number of anilines is 1. The van der Waals surface area contributed by atoms with Gasteiger partial charge >= 0.3 is 11.9 Å². The summed E-state index contributed by atoms with van der Waals surface area (Å²) >= 11 is 0. The molecule has 1 amide bonds. The molecule has 4 aromatic rings. The molecule has 7 heteroatoms. The highest BCUT2D eigenvalue weighted by Crippen LogP contribution is 2.21. The van der Waals surface area contributed by atoms with Gasteiger partial charge < -0.3 is 20.1 Å². The Kier molecular flexibility index (Phi) is 9.75. The Labute approximate surface area is 245 Å². The number of carbonyl (C=O) groups is 3. The van der Waals surface area contributed by atoms with Crippen LogP contribution >= 0.6 is 0 Å². The Morgan fingerprint density at radius 1 is 0.690 bits per heavy atom. The van der Waals surface area contributed by atoms with E-state index in [2.05, 4.69) is 22.8 Å². The van der Waals surface area contributed by atoms with Crippen molar-refractivity contribution in [3.8, 4) is 0 Å². The first-order valence-electron chi connectivity index (χ1n) is 14.2. The second kappa shape index (κ2) is 14.2. The molecule has 0 spiro atoms. The molecule has 7 nitrogen and oxygen atoms in total. The lowest BCUT2D eigenvalue weighted by Crippen LogP contribution is -2.42. The molecule has 2 N–H and O–H groups in total. The molecule has 0 aliphatic carbocycles. The van der Waals surface area contributed by atoms with Crippen LogP contribution in [0.3, 0.4) is 0 Å². The van der Waals surface area contributed by atoms with Gasteiger partial charge in [-0.2, -0.15) is 0 Å². The van der Waals surface area contributed by atoms with Crippen molar-refractivity contribution >= 4 is 23.5 Å². The maximum atomic E-state index is 13.5. The van der Waals surface area contributed by atoms with Crippen LogP contribution in [0.4, 0.5) is 5.69 Å². The standard InChI is InChI=1S/C35H34N2O5/c38-33(32-22-28-17-8-7-15-27(28)16-9-10-18-36-32)37-31-20-29(34(39)41-23-25-11-3-1-4-12-25)19-30(21-31)35(40)42-24-26-13-5-2-6-14-26/h1-8,11-15,17,19-21,32,36H,9-10,16,18,22-24H2,(H,37,38). The van der Waals surface area contributed by atoms with E-state index in [1.165, 1.54) is 23.8 Å². The fraction of sp³-hybridized carbons (Fsp3) is 0.229. The van der Waals surface area contributed by atoms with Crippen molar-refractivity contribution in [3.63, 3.8) is 0 Å². The average molecular weight is 563 g/mol. The number of ether oxygens (including phenoxy) is 2. The smallest absolute Gasteiger partial charge is 0.338 e. The molecule has 0 saturated heterocycles. The molecule has 1 heterocycles. The van der Waals surface area contributed by atoms with E-state index in [0.29, 0.717) is 12.1 Å². The minimum absolute atomic E-state index is 0.0788. The summed E-state index contributed by atoms with van der Waals surface area (Å²) in [7, 11) is 0. The molecular formula is C35H34N2O5. The van der Waals surface area contributed by atoms with Gasteiger partial charge in [0.1, 0.15) is 13.2 Å². The molecule has 0 bridgehead atoms. The normalized spacial score (nSPS) is 14.8. The molecule has 0 radical (unpaired) electrons. The average Bonchev–Trinajstić information content (AvgIpc) is 3.14. The number of nitrogens with one attached hydrogen (secondary N) is 2. The molecular weight excluding hydrogens is 528 g/mol. The van der Waals surface area contributed by atoms with Crippen molar-refractivity contribution in [2.24, 2.45) is 0 Å². The molecule has 0 saturated carbocycles. The summed E-state index contributed by atoms with van der Waals surface area (Å²) in [6.45, 7) is 0.875. The second-order valence-corrected chi connectivity index (χ2v) is 10.3. The van der Waals surface area contributed by atoms with Crippen molar-refractivity contribution in [3.05, 3.63) is 137 Å². The number of fused-ring (bicyclic) bond motifs is 1. The van der Waals surface area contributed by atoms with Gasteiger partial charge in [0.2, 0.25) is 5.91 Å². The quantitative estimate of drug-likeness (QED) is 0.261. The van der Waals surface area contributed by atoms with Crippen LogP contribution < -0.4 is 10.6 Å². The van der Waals surface area contributed by atoms with Gasteiger partial charge in [-0.3, -0.25) is 4.79 Å². The van der Waals surface area contributed by atoms with E-state index >= 15 is 0 Å². The highest BCUT2D eigenvalue weighted by molar-refractivity contribution is 6.00. The summed E-state index contributed by atoms with van der Waals surface area (Å²) in [5.41, 5.74) is 4.66. The summed E-state index contributed by atoms with van der Waals surface area (Å²) in [5, 5.41) is 6.31. The Morgan fingerprint density at radius 3 is 1.83 bits per heavy atom. The Bertz CT molecular complexity index is 1450. The van der Waals surface area contributed by atoms with Gasteiger partial charge in [0.25, 0.3) is 0 Å². The fourth-order valence-electron chi connectivity index (χ4n) is 4.97. The zero-order valence-electron chi connectivity index (χ0n) is 23.4. The van der Waals surface area contributed by atoms with Gasteiger partial charge in [-0.25, -0.2) is 9.59 Å². The van der Waals surface area contributed by atoms with Gasteiger partial charge in [-0.15, -0.1) is 0 Å². The van der Waals surface area contributed by atoms with Crippen molar-refractivity contribution < 1.29 is 23.9 Å². The predicted octanol–water partition coefficient (Wildman–Crippen LogP) is 5.88. The molecule has 1 unspecified atom stereocenters. The number of esters is 2. The number of rotatable bonds is 8. The van der Waals surface area contributed by atoms with Gasteiger partial charge in [-0.1, -0.05) is 84.9 Å². The third-order valence-electron chi connectivity index (χ3n) is 7.22. The van der Waals surface area contributed by atoms with Crippen LogP contribution in [0, 0.1) is 0 Å². The minimum atomic E-state index is -0.610. The monoisotopic (exact) mass is 562 g/mol. The number of benzene rings is 4. The molecule has 1 aliphatic rings. The first-order valence-corrected chi connectivity index (χ1v) is 14.2. The van der Waals surface area contributed by atoms with E-state index in [1.54, 1.807) is 0 Å². The largest absolute Gasteiger partial charge is 0.457 e. The van der Waals surface area contributed by atoms with E-state index in [0.717, 1.165) is 42.5 Å². The summed E-state index contributed by atoms with van der Waals surface area (Å²) in [5.74, 6) is -1.46. The van der Waals surface area contributed by atoms with Crippen LogP contribution in [0.25, 0.3) is 0 Å². The maximum Gasteiger partial charge on any atom is 0.338 e. The highest BCUT2D eigenvalue weighted by Gasteiger charge is 2.23. The summed E-state index contributed by atoms with van der Waals surface area (Å²) in [6.07, 6.45) is 3.51. The van der Waals surface area contributed by atoms with E-state index in [1.807, 2.05) is 72.8 Å². The third-order valence-corrected chi connectivity index (χ3v) is 7.22. The molecule has 214 valence electrons. The topological polar surface area (TPSA) is 93.7 Å². The number of carbonyl (C=O) groups excluding carboxylic acids is 3. The van der Waals surface area contributed by atoms with Gasteiger partial charge in [-0.05, 0) is 72.7 Å². The van der Waals surface area contributed by atoms with Crippen LogP contribution in [0.1, 0.15) is 55.8 Å². The number of aryl methyl sites for hydroxylation is 1. The molecule has 4 aromatic carbocycles. The van der Waals surface area contributed by atoms with Crippen LogP contribution in [0.15, 0.2) is 103 Å². The summed E-state index contributed by atoms with van der Waals surface area (Å²) in [4.78, 5) is 39.7. The van der Waals surface area contributed by atoms with Crippen LogP contribution in [-0.4, -0.2) is 30.4 Å². The Morgan fingerprint density at radius 2 is 1.24 bits per heavy atom. The van der Waals surface area contributed by atoms with E-state index in [9.17, 15) is 14.4 Å². The van der Waals surface area contributed by atoms with Crippen molar-refractivity contribution in [2.45, 2.75) is 44.9 Å². The molecule has 1 aliphatic heterocycles. The molecule has 5 rings (SSSR count). The summed E-state index contributed by atoms with van der Waals surface area (Å²) in [6, 6.07) is 30.9. The Hall–Kier alpha value is -4.75. The number of hydrogen-bond acceptors (Lipinski definition) is 6. The lowest BCUT2D eigenvalue weighted by molar-refractivity contribution is -0.118. The van der Waals surface area contributed by atoms with Crippen LogP contribution in [0.2, 0.25) is 0 Å². The van der Waals surface area contributed by atoms with Gasteiger partial charge in [0.05, 0.1) is 17.2 Å². The first-order chi connectivity index (χ1) is 20.5. The molecule has 0 aromatic heterocycles. The second-order valence-electron chi connectivity index (χ2n) is 10.3. The molecule has 42 heavy (non-hydrogen) atoms. The maximum absolute atomic E-state index is 13.5. The predicted molar refractivity (Wildman–Crippen MR) is 161 cm³/mol. The SMILES string of the molecule is O=C(OCc1ccccc1)c1cc(NC(=O)C2Cc3ccccc3CCCCN2)cc(C(=O)OCc2ccccc2)c1. The van der Waals surface area contributed by atoms with Crippen molar-refractivity contribution in [2.75, 3.05) is 11.9 Å². The van der Waals surface area contributed by atoms with Crippen molar-refractivity contribution in [1.29, 1.82) is 0 Å². The van der Waals surface area contributed by atoms with E-state index in [-0.39, 0.29) is 30.2 Å². The van der Waals surface area contributed by atoms with Gasteiger partial charge in [0, 0.05) is 5.69 Å². The Balaban J connectivity index is 1.36. The lowest BCUT2D eigenvalue weighted by atomic mass is 9.97. The van der Waals surface area contributed by atoms with E-state index < -0.39 is 18.0 Å². The zero-order valence-corrected chi connectivity index (χ0v) is 23.4. The minimum Gasteiger partial charge on any atom is -0.457 e. The number of amides is 1. The van der Waals surface area contributed by atoms with E-state index in [4.69, 9.17) is 9.47 Å². The zero-order chi connectivity index (χ0) is 29.1. The number of hydrogen-bond donors (Lipinski definition) is 2. The van der Waals surface area contributed by atoms with Crippen LogP contribution in [0.5, 0.6) is 0 Å². The first kappa shape index (κ1) is 28.8. The molecule has 0 fully saturated rings. The van der Waals surface area contributed by atoms with Crippen molar-refractivity contribution in [1.82, 2.24) is 5.32 Å². The molecule has 1 atom stereocenters. The van der Waals surface area contributed by atoms with Crippen LogP contribution in [-0.2, 0) is 40.3 Å². The highest BCUT2D eigenvalue weighted by atomic mass is 16.5. The van der Waals surface area contributed by atoms with Gasteiger partial charge in [0.15, 0.2) is 0 Å². The summed E-state index contributed by atoms with van der Waals surface area (Å²) < 4.78 is 11.0. The fourth-order valence-corrected chi connectivity index (χ4v) is 4.97.